The highest BCUT2D eigenvalue weighted by Gasteiger charge is 2.36. The van der Waals surface area contributed by atoms with Crippen molar-refractivity contribution in [3.05, 3.63) is 61.7 Å². The molecule has 3 aliphatic rings. The summed E-state index contributed by atoms with van der Waals surface area (Å²) in [6.45, 7) is 6.50. The summed E-state index contributed by atoms with van der Waals surface area (Å²) < 4.78 is 21.6. The van der Waals surface area contributed by atoms with Crippen molar-refractivity contribution in [1.29, 1.82) is 0 Å². The SMILES string of the molecule is Cc1c(F)cc2nc3c(c4c2c1CCC(C)CC4C)Cn1c-3cc2c(c1=O)COC(=O)C2O. The summed E-state index contributed by atoms with van der Waals surface area (Å²) >= 11 is 0. The topological polar surface area (TPSA) is 81.4 Å². The van der Waals surface area contributed by atoms with Gasteiger partial charge in [0.25, 0.3) is 5.56 Å². The molecule has 0 amide bonds. The molecule has 6 nitrogen and oxygen atoms in total. The number of hydrogen-bond donors (Lipinski definition) is 1. The van der Waals surface area contributed by atoms with E-state index in [4.69, 9.17) is 9.72 Å². The Balaban J connectivity index is 1.69. The van der Waals surface area contributed by atoms with Gasteiger partial charge in [0.2, 0.25) is 0 Å². The normalized spacial score (nSPS) is 23.4. The highest BCUT2D eigenvalue weighted by Crippen LogP contribution is 2.45. The van der Waals surface area contributed by atoms with Gasteiger partial charge in [-0.3, -0.25) is 4.79 Å². The van der Waals surface area contributed by atoms with Crippen LogP contribution in [0.25, 0.3) is 22.3 Å². The van der Waals surface area contributed by atoms with Gasteiger partial charge in [0.05, 0.1) is 29.0 Å². The average molecular weight is 448 g/mol. The number of hydrogen-bond acceptors (Lipinski definition) is 5. The number of ether oxygens (including phenoxy) is 1. The van der Waals surface area contributed by atoms with Gasteiger partial charge in [0, 0.05) is 22.6 Å². The van der Waals surface area contributed by atoms with E-state index in [2.05, 4.69) is 13.8 Å². The molecule has 0 bridgehead atoms. The fourth-order valence-electron chi connectivity index (χ4n) is 6.06. The van der Waals surface area contributed by atoms with Gasteiger partial charge in [0.1, 0.15) is 12.4 Å². The zero-order valence-corrected chi connectivity index (χ0v) is 18.9. The predicted octanol–water partition coefficient (Wildman–Crippen LogP) is 4.04. The monoisotopic (exact) mass is 448 g/mol. The number of fused-ring (bicyclic) bond motifs is 5. The number of nitrogens with zero attached hydrogens (tertiary/aromatic N) is 2. The highest BCUT2D eigenvalue weighted by atomic mass is 19.1. The number of aliphatic hydroxyl groups excluding tert-OH is 1. The van der Waals surface area contributed by atoms with E-state index >= 15 is 0 Å². The fourth-order valence-corrected chi connectivity index (χ4v) is 6.06. The van der Waals surface area contributed by atoms with E-state index in [0.717, 1.165) is 41.3 Å². The first-order valence-corrected chi connectivity index (χ1v) is 11.5. The van der Waals surface area contributed by atoms with Crippen LogP contribution >= 0.6 is 0 Å². The second kappa shape index (κ2) is 6.97. The molecular weight excluding hydrogens is 423 g/mol. The van der Waals surface area contributed by atoms with Crippen LogP contribution in [0.1, 0.15) is 72.1 Å². The quantitative estimate of drug-likeness (QED) is 0.411. The van der Waals surface area contributed by atoms with Crippen molar-refractivity contribution in [1.82, 2.24) is 9.55 Å². The van der Waals surface area contributed by atoms with Gasteiger partial charge in [0.15, 0.2) is 6.10 Å². The van der Waals surface area contributed by atoms with E-state index in [1.807, 2.05) is 6.92 Å². The Kier molecular flexibility index (Phi) is 4.34. The van der Waals surface area contributed by atoms with Crippen LogP contribution in [0.3, 0.4) is 0 Å². The Morgan fingerprint density at radius 1 is 1.18 bits per heavy atom. The van der Waals surface area contributed by atoms with Crippen LogP contribution in [0.15, 0.2) is 16.9 Å². The Bertz CT molecular complexity index is 1440. The molecule has 7 heteroatoms. The third kappa shape index (κ3) is 2.78. The van der Waals surface area contributed by atoms with Crippen LogP contribution in [-0.2, 0) is 29.1 Å². The Hall–Kier alpha value is -3.06. The number of aryl methyl sites for hydroxylation is 1. The zero-order chi connectivity index (χ0) is 23.2. The number of aliphatic hydroxyl groups is 1. The van der Waals surface area contributed by atoms with Crippen molar-refractivity contribution < 1.29 is 19.0 Å². The molecule has 0 saturated heterocycles. The molecule has 3 aromatic rings. The smallest absolute Gasteiger partial charge is 0.340 e. The summed E-state index contributed by atoms with van der Waals surface area (Å²) in [6.07, 6.45) is 1.31. The van der Waals surface area contributed by atoms with Crippen LogP contribution in [0, 0.1) is 18.7 Å². The molecule has 0 fully saturated rings. The van der Waals surface area contributed by atoms with Crippen molar-refractivity contribution in [2.24, 2.45) is 5.92 Å². The standard InChI is InChI=1S/C26H25FN2O4/c1-11-4-5-14-13(3)18(27)8-19-22(14)21(12(2)6-11)16-9-29-20(23(16)28-19)7-15-17(25(29)31)10-33-26(32)24(15)30/h7-8,11-12,24,30H,4-6,9-10H2,1-3H3. The van der Waals surface area contributed by atoms with E-state index in [1.165, 1.54) is 6.07 Å². The lowest BCUT2D eigenvalue weighted by atomic mass is 9.78. The second-order valence-electron chi connectivity index (χ2n) is 9.85. The molecule has 4 heterocycles. The van der Waals surface area contributed by atoms with Crippen molar-refractivity contribution >= 4 is 16.9 Å². The minimum absolute atomic E-state index is 0.147. The van der Waals surface area contributed by atoms with Gasteiger partial charge in [-0.15, -0.1) is 0 Å². The van der Waals surface area contributed by atoms with Crippen molar-refractivity contribution in [3.8, 4) is 11.4 Å². The lowest BCUT2D eigenvalue weighted by molar-refractivity contribution is -0.157. The van der Waals surface area contributed by atoms with E-state index in [1.54, 1.807) is 10.6 Å². The molecule has 0 radical (unpaired) electrons. The lowest BCUT2D eigenvalue weighted by Crippen LogP contribution is -2.32. The molecule has 170 valence electrons. The predicted molar refractivity (Wildman–Crippen MR) is 121 cm³/mol. The summed E-state index contributed by atoms with van der Waals surface area (Å²) in [5, 5.41) is 11.4. The molecule has 33 heavy (non-hydrogen) atoms. The molecule has 2 aliphatic heterocycles. The van der Waals surface area contributed by atoms with Gasteiger partial charge in [-0.1, -0.05) is 13.8 Å². The molecule has 0 spiro atoms. The molecule has 3 atom stereocenters. The molecule has 1 aliphatic carbocycles. The average Bonchev–Trinajstić information content (AvgIpc) is 3.13. The van der Waals surface area contributed by atoms with Gasteiger partial charge < -0.3 is 14.4 Å². The zero-order valence-electron chi connectivity index (χ0n) is 18.9. The number of aromatic nitrogens is 2. The Morgan fingerprint density at radius 3 is 2.76 bits per heavy atom. The van der Waals surface area contributed by atoms with Crippen LogP contribution in [0.2, 0.25) is 0 Å². The Morgan fingerprint density at radius 2 is 1.97 bits per heavy atom. The third-order valence-corrected chi connectivity index (χ3v) is 7.75. The van der Waals surface area contributed by atoms with E-state index < -0.39 is 12.1 Å². The summed E-state index contributed by atoms with van der Waals surface area (Å²) in [5.74, 6) is -0.315. The molecule has 0 saturated carbocycles. The minimum atomic E-state index is -1.49. The van der Waals surface area contributed by atoms with E-state index in [9.17, 15) is 19.1 Å². The first kappa shape index (κ1) is 20.5. The molecule has 3 unspecified atom stereocenters. The second-order valence-corrected chi connectivity index (χ2v) is 9.85. The fraction of sp³-hybridized carbons (Fsp3) is 0.423. The maximum atomic E-state index is 14.9. The molecular formula is C26H25FN2O4. The number of cyclic esters (lactones) is 1. The van der Waals surface area contributed by atoms with E-state index in [-0.39, 0.29) is 29.5 Å². The summed E-state index contributed by atoms with van der Waals surface area (Å²) in [7, 11) is 0. The number of halogens is 1. The molecule has 2 aromatic heterocycles. The number of benzene rings is 1. The van der Waals surface area contributed by atoms with Gasteiger partial charge in [-0.2, -0.15) is 0 Å². The lowest BCUT2D eigenvalue weighted by Gasteiger charge is -2.27. The number of carbonyl (C=O) groups is 1. The first-order valence-electron chi connectivity index (χ1n) is 11.5. The maximum Gasteiger partial charge on any atom is 0.340 e. The van der Waals surface area contributed by atoms with Crippen molar-refractivity contribution in [2.75, 3.05) is 0 Å². The summed E-state index contributed by atoms with van der Waals surface area (Å²) in [5.41, 5.74) is 5.92. The van der Waals surface area contributed by atoms with Crippen LogP contribution in [-0.4, -0.2) is 20.6 Å². The van der Waals surface area contributed by atoms with Crippen LogP contribution in [0.4, 0.5) is 4.39 Å². The van der Waals surface area contributed by atoms with Gasteiger partial charge >= 0.3 is 5.97 Å². The maximum absolute atomic E-state index is 14.9. The Labute approximate surface area is 190 Å². The van der Waals surface area contributed by atoms with Gasteiger partial charge in [-0.25, -0.2) is 14.2 Å². The van der Waals surface area contributed by atoms with Crippen LogP contribution in [0.5, 0.6) is 0 Å². The third-order valence-electron chi connectivity index (χ3n) is 7.75. The largest absolute Gasteiger partial charge is 0.458 e. The molecule has 1 aromatic carbocycles. The van der Waals surface area contributed by atoms with Gasteiger partial charge in [-0.05, 0) is 60.8 Å². The van der Waals surface area contributed by atoms with Crippen LogP contribution < -0.4 is 5.56 Å². The molecule has 6 rings (SSSR count). The summed E-state index contributed by atoms with van der Waals surface area (Å²) in [6, 6.07) is 3.18. The van der Waals surface area contributed by atoms with E-state index in [0.29, 0.717) is 40.5 Å². The minimum Gasteiger partial charge on any atom is -0.458 e. The number of carbonyl (C=O) groups excluding carboxylic acids is 1. The first-order chi connectivity index (χ1) is 15.8. The number of rotatable bonds is 0. The molecule has 1 N–H and O–H groups in total. The number of esters is 1. The summed E-state index contributed by atoms with van der Waals surface area (Å²) in [4.78, 5) is 30.1. The van der Waals surface area contributed by atoms with Crippen molar-refractivity contribution in [3.63, 3.8) is 0 Å². The number of pyridine rings is 2. The van der Waals surface area contributed by atoms with Crippen molar-refractivity contribution in [2.45, 2.75) is 65.2 Å². The highest BCUT2D eigenvalue weighted by molar-refractivity contribution is 5.92.